The van der Waals surface area contributed by atoms with Gasteiger partial charge in [-0.25, -0.2) is 0 Å². The molecule has 98 valence electrons. The number of likely N-dealkylation sites (tertiary alicyclic amines) is 1. The largest absolute Gasteiger partial charge is 0.462 e. The van der Waals surface area contributed by atoms with E-state index in [0.717, 1.165) is 19.1 Å². The predicted molar refractivity (Wildman–Crippen MR) is 66.9 cm³/mol. The molecule has 2 saturated heterocycles. The summed E-state index contributed by atoms with van der Waals surface area (Å²) in [4.78, 5) is 16.4. The predicted octanol–water partition coefficient (Wildman–Crippen LogP) is 1.11. The van der Waals surface area contributed by atoms with Crippen molar-refractivity contribution in [3.63, 3.8) is 0 Å². The van der Waals surface area contributed by atoms with Gasteiger partial charge in [-0.05, 0) is 40.2 Å². The molecule has 0 spiro atoms. The minimum Gasteiger partial charge on any atom is -0.462 e. The van der Waals surface area contributed by atoms with Gasteiger partial charge < -0.3 is 4.74 Å². The van der Waals surface area contributed by atoms with Gasteiger partial charge in [0.1, 0.15) is 0 Å². The molecule has 2 atom stereocenters. The highest BCUT2D eigenvalue weighted by molar-refractivity contribution is 5.71. The van der Waals surface area contributed by atoms with Crippen LogP contribution in [0.4, 0.5) is 0 Å². The minimum absolute atomic E-state index is 0.00592. The van der Waals surface area contributed by atoms with Crippen LogP contribution < -0.4 is 0 Å². The molecule has 0 aromatic carbocycles. The molecule has 2 unspecified atom stereocenters. The number of ether oxygens (including phenoxy) is 1. The molecule has 0 N–H and O–H groups in total. The van der Waals surface area contributed by atoms with Crippen LogP contribution in [0.5, 0.6) is 0 Å². The monoisotopic (exact) mass is 240 g/mol. The number of carbonyl (C=O) groups is 1. The highest BCUT2D eigenvalue weighted by atomic mass is 16.5. The molecule has 2 bridgehead atoms. The van der Waals surface area contributed by atoms with Crippen LogP contribution in [0.2, 0.25) is 0 Å². The quantitative estimate of drug-likeness (QED) is 0.692. The van der Waals surface area contributed by atoms with Gasteiger partial charge in [0.2, 0.25) is 0 Å². The first-order valence-corrected chi connectivity index (χ1v) is 6.70. The maximum atomic E-state index is 11.6. The Labute approximate surface area is 104 Å². The van der Waals surface area contributed by atoms with Crippen LogP contribution in [0.1, 0.15) is 33.1 Å². The van der Waals surface area contributed by atoms with E-state index in [1.807, 2.05) is 13.8 Å². The van der Waals surface area contributed by atoms with Crippen LogP contribution in [0.15, 0.2) is 0 Å². The molecule has 0 amide bonds. The molecule has 0 aromatic rings. The van der Waals surface area contributed by atoms with E-state index in [1.54, 1.807) is 0 Å². The first-order valence-electron chi connectivity index (χ1n) is 6.70. The first kappa shape index (κ1) is 12.8. The van der Waals surface area contributed by atoms with E-state index in [0.29, 0.717) is 12.6 Å². The number of rotatable bonds is 3. The topological polar surface area (TPSA) is 32.8 Å². The molecule has 0 aliphatic carbocycles. The summed E-state index contributed by atoms with van der Waals surface area (Å²) in [5.74, 6) is -0.0829. The van der Waals surface area contributed by atoms with Gasteiger partial charge in [0.05, 0.1) is 12.6 Å². The SMILES string of the molecule is CC(C)OC(=O)CN1CCC2CCC(C1)N2C. The fourth-order valence-corrected chi connectivity index (χ4v) is 3.01. The summed E-state index contributed by atoms with van der Waals surface area (Å²) in [6, 6.07) is 1.36. The lowest BCUT2D eigenvalue weighted by Gasteiger charge is -2.25. The Morgan fingerprint density at radius 2 is 2.00 bits per heavy atom. The van der Waals surface area contributed by atoms with Gasteiger partial charge in [0.15, 0.2) is 0 Å². The molecule has 2 aliphatic heterocycles. The van der Waals surface area contributed by atoms with Crippen LogP contribution in [-0.2, 0) is 9.53 Å². The summed E-state index contributed by atoms with van der Waals surface area (Å²) in [6.07, 6.45) is 3.78. The van der Waals surface area contributed by atoms with Crippen molar-refractivity contribution >= 4 is 5.97 Å². The summed E-state index contributed by atoms with van der Waals surface area (Å²) in [5, 5.41) is 0. The maximum Gasteiger partial charge on any atom is 0.320 e. The Kier molecular flexibility index (Phi) is 4.05. The van der Waals surface area contributed by atoms with Crippen LogP contribution in [0.25, 0.3) is 0 Å². The zero-order valence-corrected chi connectivity index (χ0v) is 11.2. The summed E-state index contributed by atoms with van der Waals surface area (Å²) < 4.78 is 5.21. The molecule has 0 aromatic heterocycles. The van der Waals surface area contributed by atoms with Gasteiger partial charge in [-0.3, -0.25) is 14.6 Å². The third-order valence-electron chi connectivity index (χ3n) is 3.95. The highest BCUT2D eigenvalue weighted by Crippen LogP contribution is 2.28. The molecule has 4 nitrogen and oxygen atoms in total. The molecular weight excluding hydrogens is 216 g/mol. The number of hydrogen-bond acceptors (Lipinski definition) is 4. The molecule has 0 saturated carbocycles. The lowest BCUT2D eigenvalue weighted by atomic mass is 10.1. The Morgan fingerprint density at radius 1 is 1.29 bits per heavy atom. The van der Waals surface area contributed by atoms with Crippen molar-refractivity contribution in [3.8, 4) is 0 Å². The molecule has 17 heavy (non-hydrogen) atoms. The summed E-state index contributed by atoms with van der Waals surface area (Å²) in [5.41, 5.74) is 0. The van der Waals surface area contributed by atoms with Crippen molar-refractivity contribution in [1.82, 2.24) is 9.80 Å². The van der Waals surface area contributed by atoms with Crippen LogP contribution in [0.3, 0.4) is 0 Å². The second kappa shape index (κ2) is 5.36. The van der Waals surface area contributed by atoms with Crippen molar-refractivity contribution in [3.05, 3.63) is 0 Å². The maximum absolute atomic E-state index is 11.6. The fraction of sp³-hybridized carbons (Fsp3) is 0.923. The first-order chi connectivity index (χ1) is 8.06. The van der Waals surface area contributed by atoms with E-state index in [9.17, 15) is 4.79 Å². The highest BCUT2D eigenvalue weighted by Gasteiger charge is 2.35. The molecule has 2 fully saturated rings. The van der Waals surface area contributed by atoms with Crippen LogP contribution in [-0.4, -0.2) is 60.6 Å². The van der Waals surface area contributed by atoms with Crippen molar-refractivity contribution < 1.29 is 9.53 Å². The molecule has 2 rings (SSSR count). The number of hydrogen-bond donors (Lipinski definition) is 0. The van der Waals surface area contributed by atoms with E-state index in [-0.39, 0.29) is 12.1 Å². The molecule has 0 radical (unpaired) electrons. The lowest BCUT2D eigenvalue weighted by Crippen LogP contribution is -2.39. The van der Waals surface area contributed by atoms with Crippen molar-refractivity contribution in [2.24, 2.45) is 0 Å². The summed E-state index contributed by atoms with van der Waals surface area (Å²) >= 11 is 0. The second-order valence-corrected chi connectivity index (χ2v) is 5.61. The van der Waals surface area contributed by atoms with Gasteiger partial charge in [-0.2, -0.15) is 0 Å². The fourth-order valence-electron chi connectivity index (χ4n) is 3.01. The number of likely N-dealkylation sites (N-methyl/N-ethyl adjacent to an activating group) is 1. The van der Waals surface area contributed by atoms with Crippen LogP contribution >= 0.6 is 0 Å². The number of carbonyl (C=O) groups excluding carboxylic acids is 1. The normalized spacial score (nSPS) is 30.6. The second-order valence-electron chi connectivity index (χ2n) is 5.61. The number of fused-ring (bicyclic) bond motifs is 2. The van der Waals surface area contributed by atoms with Crippen LogP contribution in [0, 0.1) is 0 Å². The van der Waals surface area contributed by atoms with E-state index < -0.39 is 0 Å². The van der Waals surface area contributed by atoms with E-state index >= 15 is 0 Å². The van der Waals surface area contributed by atoms with Gasteiger partial charge >= 0.3 is 5.97 Å². The van der Waals surface area contributed by atoms with Crippen molar-refractivity contribution in [2.75, 3.05) is 26.7 Å². The Balaban J connectivity index is 1.85. The average molecular weight is 240 g/mol. The Morgan fingerprint density at radius 3 is 2.71 bits per heavy atom. The zero-order valence-electron chi connectivity index (χ0n) is 11.2. The zero-order chi connectivity index (χ0) is 12.4. The van der Waals surface area contributed by atoms with E-state index in [2.05, 4.69) is 16.8 Å². The van der Waals surface area contributed by atoms with E-state index in [1.165, 1.54) is 19.3 Å². The standard InChI is InChI=1S/C13H24N2O2/c1-10(2)17-13(16)9-15-7-6-11-4-5-12(8-15)14(11)3/h10-12H,4-9H2,1-3H3. The summed E-state index contributed by atoms with van der Waals surface area (Å²) in [7, 11) is 2.22. The molecular formula is C13H24N2O2. The van der Waals surface area contributed by atoms with Gasteiger partial charge in [-0.15, -0.1) is 0 Å². The molecule has 2 heterocycles. The molecule has 4 heteroatoms. The van der Waals surface area contributed by atoms with Gasteiger partial charge in [0.25, 0.3) is 0 Å². The minimum atomic E-state index is -0.0829. The van der Waals surface area contributed by atoms with Gasteiger partial charge in [-0.1, -0.05) is 0 Å². The van der Waals surface area contributed by atoms with E-state index in [4.69, 9.17) is 4.74 Å². The Bertz CT molecular complexity index is 281. The average Bonchev–Trinajstić information content (AvgIpc) is 2.45. The third kappa shape index (κ3) is 3.19. The lowest BCUT2D eigenvalue weighted by molar-refractivity contribution is -0.148. The van der Waals surface area contributed by atoms with Crippen molar-refractivity contribution in [1.29, 1.82) is 0 Å². The Hall–Kier alpha value is -0.610. The smallest absolute Gasteiger partial charge is 0.320 e. The summed E-state index contributed by atoms with van der Waals surface area (Å²) in [6.45, 7) is 6.29. The molecule has 2 aliphatic rings. The number of nitrogens with zero attached hydrogens (tertiary/aromatic N) is 2. The van der Waals surface area contributed by atoms with Crippen molar-refractivity contribution in [2.45, 2.75) is 51.3 Å². The number of esters is 1. The van der Waals surface area contributed by atoms with Gasteiger partial charge in [0, 0.05) is 25.2 Å². The third-order valence-corrected chi connectivity index (χ3v) is 3.95.